The molecule has 0 aliphatic rings. The lowest BCUT2D eigenvalue weighted by Gasteiger charge is -2.19. The Labute approximate surface area is 110 Å². The lowest BCUT2D eigenvalue weighted by Crippen LogP contribution is -2.19. The van der Waals surface area contributed by atoms with Gasteiger partial charge in [0.2, 0.25) is 0 Å². The van der Waals surface area contributed by atoms with Crippen LogP contribution < -0.4 is 5.32 Å². The molecule has 0 aliphatic carbocycles. The second-order valence-electron chi connectivity index (χ2n) is 4.72. The number of rotatable bonds is 6. The first kappa shape index (κ1) is 15.1. The standard InChI is InChI=1S/C14H25N3O/c1-7-18-12(5)14-16-10(3)13(11(4)17-14)9(2)8-15-6/h9,12,15H,7-8H2,1-6H3. The van der Waals surface area contributed by atoms with E-state index in [0.29, 0.717) is 12.5 Å². The van der Waals surface area contributed by atoms with Crippen LogP contribution in [0.4, 0.5) is 0 Å². The van der Waals surface area contributed by atoms with Crippen molar-refractivity contribution in [1.82, 2.24) is 15.3 Å². The van der Waals surface area contributed by atoms with Gasteiger partial charge in [0.1, 0.15) is 6.10 Å². The highest BCUT2D eigenvalue weighted by atomic mass is 16.5. The Balaban J connectivity index is 3.04. The quantitative estimate of drug-likeness (QED) is 0.844. The maximum atomic E-state index is 5.55. The summed E-state index contributed by atoms with van der Waals surface area (Å²) >= 11 is 0. The van der Waals surface area contributed by atoms with Crippen molar-refractivity contribution in [2.24, 2.45) is 0 Å². The summed E-state index contributed by atoms with van der Waals surface area (Å²) in [5.74, 6) is 1.21. The van der Waals surface area contributed by atoms with Gasteiger partial charge >= 0.3 is 0 Å². The van der Waals surface area contributed by atoms with Gasteiger partial charge in [0, 0.05) is 24.5 Å². The molecule has 1 rings (SSSR count). The van der Waals surface area contributed by atoms with E-state index in [2.05, 4.69) is 36.1 Å². The van der Waals surface area contributed by atoms with E-state index in [1.54, 1.807) is 0 Å². The zero-order valence-corrected chi connectivity index (χ0v) is 12.4. The van der Waals surface area contributed by atoms with E-state index >= 15 is 0 Å². The van der Waals surface area contributed by atoms with Crippen molar-refractivity contribution < 1.29 is 4.74 Å². The molecule has 4 heteroatoms. The molecule has 0 spiro atoms. The van der Waals surface area contributed by atoms with Gasteiger partial charge in [-0.3, -0.25) is 0 Å². The molecule has 1 N–H and O–H groups in total. The van der Waals surface area contributed by atoms with Crippen LogP contribution in [0.25, 0.3) is 0 Å². The third kappa shape index (κ3) is 3.50. The first-order valence-corrected chi connectivity index (χ1v) is 6.62. The number of nitrogens with one attached hydrogen (secondary N) is 1. The lowest BCUT2D eigenvalue weighted by atomic mass is 9.98. The van der Waals surface area contributed by atoms with Crippen LogP contribution in [0.15, 0.2) is 0 Å². The molecule has 2 atom stereocenters. The number of aromatic nitrogens is 2. The van der Waals surface area contributed by atoms with Crippen LogP contribution in [0, 0.1) is 13.8 Å². The average molecular weight is 251 g/mol. The number of ether oxygens (including phenoxy) is 1. The molecule has 0 aliphatic heterocycles. The fourth-order valence-electron chi connectivity index (χ4n) is 2.38. The van der Waals surface area contributed by atoms with Gasteiger partial charge in [-0.2, -0.15) is 0 Å². The fourth-order valence-corrected chi connectivity index (χ4v) is 2.38. The van der Waals surface area contributed by atoms with Gasteiger partial charge in [-0.1, -0.05) is 6.92 Å². The minimum atomic E-state index is -0.0407. The van der Waals surface area contributed by atoms with Crippen molar-refractivity contribution in [2.75, 3.05) is 20.2 Å². The number of hydrogen-bond donors (Lipinski definition) is 1. The molecule has 4 nitrogen and oxygen atoms in total. The van der Waals surface area contributed by atoms with E-state index in [-0.39, 0.29) is 6.10 Å². The maximum absolute atomic E-state index is 5.55. The molecule has 0 bridgehead atoms. The summed E-state index contributed by atoms with van der Waals surface area (Å²) in [5.41, 5.74) is 3.37. The molecule has 2 unspecified atom stereocenters. The van der Waals surface area contributed by atoms with Gasteiger partial charge in [0.05, 0.1) is 0 Å². The van der Waals surface area contributed by atoms with E-state index < -0.39 is 0 Å². The van der Waals surface area contributed by atoms with Crippen molar-refractivity contribution >= 4 is 0 Å². The smallest absolute Gasteiger partial charge is 0.157 e. The van der Waals surface area contributed by atoms with Crippen LogP contribution >= 0.6 is 0 Å². The molecular weight excluding hydrogens is 226 g/mol. The van der Waals surface area contributed by atoms with E-state index in [1.165, 1.54) is 5.56 Å². The zero-order valence-electron chi connectivity index (χ0n) is 12.4. The van der Waals surface area contributed by atoms with Crippen LogP contribution in [0.1, 0.15) is 55.6 Å². The van der Waals surface area contributed by atoms with E-state index in [9.17, 15) is 0 Å². The number of hydrogen-bond acceptors (Lipinski definition) is 4. The molecule has 0 saturated heterocycles. The predicted octanol–water partition coefficient (Wildman–Crippen LogP) is 2.51. The van der Waals surface area contributed by atoms with Crippen LogP contribution in [-0.4, -0.2) is 30.2 Å². The van der Waals surface area contributed by atoms with Crippen LogP contribution in [0.5, 0.6) is 0 Å². The molecule has 1 aromatic heterocycles. The fraction of sp³-hybridized carbons (Fsp3) is 0.714. The second kappa shape index (κ2) is 6.81. The van der Waals surface area contributed by atoms with Gasteiger partial charge in [-0.05, 0) is 46.2 Å². The molecule has 1 aromatic rings. The topological polar surface area (TPSA) is 47.0 Å². The van der Waals surface area contributed by atoms with Gasteiger partial charge in [-0.15, -0.1) is 0 Å². The van der Waals surface area contributed by atoms with E-state index in [4.69, 9.17) is 4.74 Å². The average Bonchev–Trinajstić information content (AvgIpc) is 2.28. The summed E-state index contributed by atoms with van der Waals surface area (Å²) in [6, 6.07) is 0. The summed E-state index contributed by atoms with van der Waals surface area (Å²) in [4.78, 5) is 9.18. The highest BCUT2D eigenvalue weighted by Gasteiger charge is 2.17. The normalized spacial score (nSPS) is 14.6. The van der Waals surface area contributed by atoms with Crippen molar-refractivity contribution in [3.05, 3.63) is 22.8 Å². The first-order chi connectivity index (χ1) is 8.51. The van der Waals surface area contributed by atoms with Crippen LogP contribution in [0.3, 0.4) is 0 Å². The number of nitrogens with zero attached hydrogens (tertiary/aromatic N) is 2. The summed E-state index contributed by atoms with van der Waals surface area (Å²) < 4.78 is 5.55. The largest absolute Gasteiger partial charge is 0.371 e. The molecule has 18 heavy (non-hydrogen) atoms. The summed E-state index contributed by atoms with van der Waals surface area (Å²) in [6.45, 7) is 11.9. The molecule has 0 radical (unpaired) electrons. The molecule has 0 amide bonds. The van der Waals surface area contributed by atoms with Gasteiger partial charge < -0.3 is 10.1 Å². The Morgan fingerprint density at radius 1 is 1.17 bits per heavy atom. The molecular formula is C14H25N3O. The van der Waals surface area contributed by atoms with E-state index in [1.807, 2.05) is 20.9 Å². The molecule has 0 aromatic carbocycles. The van der Waals surface area contributed by atoms with Crippen molar-refractivity contribution in [2.45, 2.75) is 46.6 Å². The van der Waals surface area contributed by atoms with Gasteiger partial charge in [-0.25, -0.2) is 9.97 Å². The van der Waals surface area contributed by atoms with Gasteiger partial charge in [0.15, 0.2) is 5.82 Å². The minimum absolute atomic E-state index is 0.0407. The first-order valence-electron chi connectivity index (χ1n) is 6.62. The Bertz CT molecular complexity index is 370. The number of likely N-dealkylation sites (N-methyl/N-ethyl adjacent to an activating group) is 1. The SMILES string of the molecule is CCOC(C)c1nc(C)c(C(C)CNC)c(C)n1. The second-order valence-corrected chi connectivity index (χ2v) is 4.72. The van der Waals surface area contributed by atoms with E-state index in [0.717, 1.165) is 23.8 Å². The third-order valence-corrected chi connectivity index (χ3v) is 3.13. The Morgan fingerprint density at radius 2 is 1.72 bits per heavy atom. The minimum Gasteiger partial charge on any atom is -0.371 e. The monoisotopic (exact) mass is 251 g/mol. The van der Waals surface area contributed by atoms with Crippen LogP contribution in [-0.2, 0) is 4.74 Å². The van der Waals surface area contributed by atoms with Crippen molar-refractivity contribution in [3.8, 4) is 0 Å². The van der Waals surface area contributed by atoms with Crippen molar-refractivity contribution in [1.29, 1.82) is 0 Å². The summed E-state index contributed by atoms with van der Waals surface area (Å²) in [5, 5.41) is 3.20. The predicted molar refractivity (Wildman–Crippen MR) is 73.9 cm³/mol. The van der Waals surface area contributed by atoms with Gasteiger partial charge in [0.25, 0.3) is 0 Å². The highest BCUT2D eigenvalue weighted by molar-refractivity contribution is 5.28. The molecule has 1 heterocycles. The lowest BCUT2D eigenvalue weighted by molar-refractivity contribution is 0.0697. The Hall–Kier alpha value is -1.00. The van der Waals surface area contributed by atoms with Crippen LogP contribution in [0.2, 0.25) is 0 Å². The highest BCUT2D eigenvalue weighted by Crippen LogP contribution is 2.23. The molecule has 0 saturated carbocycles. The maximum Gasteiger partial charge on any atom is 0.157 e. The summed E-state index contributed by atoms with van der Waals surface area (Å²) in [7, 11) is 1.97. The third-order valence-electron chi connectivity index (χ3n) is 3.13. The van der Waals surface area contributed by atoms with Crippen molar-refractivity contribution in [3.63, 3.8) is 0 Å². The summed E-state index contributed by atoms with van der Waals surface area (Å²) in [6.07, 6.45) is -0.0407. The number of aryl methyl sites for hydroxylation is 2. The molecule has 0 fully saturated rings. The Kier molecular flexibility index (Phi) is 5.69. The molecule has 102 valence electrons. The zero-order chi connectivity index (χ0) is 13.7. The Morgan fingerprint density at radius 3 is 2.17 bits per heavy atom.